The van der Waals surface area contributed by atoms with Gasteiger partial charge in [0, 0.05) is 16.5 Å². The number of nitrogens with two attached hydrogens (primary N) is 1. The summed E-state index contributed by atoms with van der Waals surface area (Å²) < 4.78 is 15.2. The number of carbonyl (C=O) groups is 2. The zero-order valence-electron chi connectivity index (χ0n) is 17.8. The number of hydrogen-bond acceptors (Lipinski definition) is 3. The van der Waals surface area contributed by atoms with Crippen molar-refractivity contribution < 1.29 is 14.0 Å². The van der Waals surface area contributed by atoms with E-state index in [1.54, 1.807) is 47.1 Å². The molecule has 168 valence electrons. The number of benzene rings is 4. The molecule has 3 N–H and O–H groups in total. The molecule has 0 saturated carbocycles. The highest BCUT2D eigenvalue weighted by Crippen LogP contribution is 2.32. The molecule has 0 saturated heterocycles. The summed E-state index contributed by atoms with van der Waals surface area (Å²) in [6.07, 6.45) is -0.0425. The number of hydrogen-bond donors (Lipinski definition) is 2. The average molecular weight is 473 g/mol. The van der Waals surface area contributed by atoms with Gasteiger partial charge in [-0.25, -0.2) is 9.07 Å². The Bertz CT molecular complexity index is 1580. The van der Waals surface area contributed by atoms with Crippen molar-refractivity contribution in [3.05, 3.63) is 101 Å². The van der Waals surface area contributed by atoms with Crippen LogP contribution in [0.3, 0.4) is 0 Å². The Morgan fingerprint density at radius 3 is 2.44 bits per heavy atom. The minimum atomic E-state index is -0.508. The molecule has 6 nitrogen and oxygen atoms in total. The van der Waals surface area contributed by atoms with Crippen LogP contribution >= 0.6 is 11.6 Å². The monoisotopic (exact) mass is 472 g/mol. The van der Waals surface area contributed by atoms with Crippen LogP contribution in [0, 0.1) is 5.82 Å². The second kappa shape index (κ2) is 8.61. The number of nitrogens with one attached hydrogen (secondary N) is 1. The zero-order chi connectivity index (χ0) is 23.8. The van der Waals surface area contributed by atoms with E-state index in [4.69, 9.17) is 17.3 Å². The predicted molar refractivity (Wildman–Crippen MR) is 131 cm³/mol. The summed E-state index contributed by atoms with van der Waals surface area (Å²) in [6, 6.07) is 22.0. The molecule has 0 spiro atoms. The van der Waals surface area contributed by atoms with Gasteiger partial charge in [0.15, 0.2) is 0 Å². The summed E-state index contributed by atoms with van der Waals surface area (Å²) in [5.41, 5.74) is 8.23. The highest BCUT2D eigenvalue weighted by molar-refractivity contribution is 6.34. The van der Waals surface area contributed by atoms with E-state index in [9.17, 15) is 14.0 Å². The Labute approximate surface area is 198 Å². The highest BCUT2D eigenvalue weighted by atomic mass is 35.5. The Morgan fingerprint density at radius 2 is 1.71 bits per heavy atom. The third-order valence-electron chi connectivity index (χ3n) is 5.53. The number of nitrogens with zero attached hydrogens (tertiary/aromatic N) is 2. The van der Waals surface area contributed by atoms with Crippen molar-refractivity contribution in [3.8, 4) is 5.69 Å². The van der Waals surface area contributed by atoms with Crippen molar-refractivity contribution >= 4 is 50.8 Å². The van der Waals surface area contributed by atoms with E-state index in [1.807, 2.05) is 24.3 Å². The molecule has 0 bridgehead atoms. The standard InChI is InChI=1S/C26H18ClFN4O2/c27-22-4-2-1-3-19(22)26(34)30-17-9-5-15-6-12-20-23(14-24(29)33)31-32(25(20)21(15)13-17)18-10-7-16(28)8-11-18/h1-13H,14H2,(H2,29,33)(H,30,34). The first-order valence-electron chi connectivity index (χ1n) is 10.5. The van der Waals surface area contributed by atoms with Gasteiger partial charge in [0.1, 0.15) is 5.82 Å². The minimum Gasteiger partial charge on any atom is -0.369 e. The molecular formula is C26H18ClFN4O2. The van der Waals surface area contributed by atoms with Crippen LogP contribution in [0.1, 0.15) is 16.1 Å². The minimum absolute atomic E-state index is 0.0425. The molecule has 1 heterocycles. The van der Waals surface area contributed by atoms with Crippen molar-refractivity contribution in [2.24, 2.45) is 5.73 Å². The normalized spacial score (nSPS) is 11.1. The summed E-state index contributed by atoms with van der Waals surface area (Å²) in [6.45, 7) is 0. The van der Waals surface area contributed by atoms with Crippen LogP contribution < -0.4 is 11.1 Å². The number of fused-ring (bicyclic) bond motifs is 3. The van der Waals surface area contributed by atoms with Crippen LogP contribution in [0.25, 0.3) is 27.4 Å². The van der Waals surface area contributed by atoms with Gasteiger partial charge in [0.05, 0.1) is 33.9 Å². The molecule has 0 aliphatic rings. The van der Waals surface area contributed by atoms with Gasteiger partial charge < -0.3 is 11.1 Å². The Kier molecular flexibility index (Phi) is 5.47. The molecule has 5 aromatic rings. The summed E-state index contributed by atoms with van der Waals surface area (Å²) in [4.78, 5) is 24.4. The smallest absolute Gasteiger partial charge is 0.257 e. The number of anilines is 1. The predicted octanol–water partition coefficient (Wildman–Crippen LogP) is 5.25. The second-order valence-electron chi connectivity index (χ2n) is 7.81. The third-order valence-corrected chi connectivity index (χ3v) is 5.86. The number of rotatable bonds is 5. The van der Waals surface area contributed by atoms with E-state index in [2.05, 4.69) is 10.4 Å². The van der Waals surface area contributed by atoms with E-state index in [0.717, 1.165) is 16.2 Å². The summed E-state index contributed by atoms with van der Waals surface area (Å²) in [5.74, 6) is -1.21. The maximum absolute atomic E-state index is 13.5. The fraction of sp³-hybridized carbons (Fsp3) is 0.0385. The summed E-state index contributed by atoms with van der Waals surface area (Å²) >= 11 is 6.17. The zero-order valence-corrected chi connectivity index (χ0v) is 18.5. The molecule has 2 amide bonds. The molecule has 8 heteroatoms. The van der Waals surface area contributed by atoms with Crippen molar-refractivity contribution in [1.82, 2.24) is 9.78 Å². The first-order valence-corrected chi connectivity index (χ1v) is 10.8. The molecule has 5 rings (SSSR count). The molecule has 0 aliphatic heterocycles. The SMILES string of the molecule is NC(=O)Cc1nn(-c2ccc(F)cc2)c2c1ccc1ccc(NC(=O)c3ccccc3Cl)cc12. The van der Waals surface area contributed by atoms with Crippen LogP contribution in [0.2, 0.25) is 5.02 Å². The Balaban J connectivity index is 1.68. The van der Waals surface area contributed by atoms with E-state index < -0.39 is 5.91 Å². The Hall–Kier alpha value is -4.23. The molecule has 0 radical (unpaired) electrons. The molecule has 34 heavy (non-hydrogen) atoms. The van der Waals surface area contributed by atoms with Gasteiger partial charge in [-0.05, 0) is 53.9 Å². The molecule has 1 aromatic heterocycles. The molecule has 0 unspecified atom stereocenters. The highest BCUT2D eigenvalue weighted by Gasteiger charge is 2.17. The lowest BCUT2D eigenvalue weighted by molar-refractivity contribution is -0.117. The van der Waals surface area contributed by atoms with E-state index in [1.165, 1.54) is 12.1 Å². The lowest BCUT2D eigenvalue weighted by Crippen LogP contribution is -2.14. The van der Waals surface area contributed by atoms with Gasteiger partial charge in [-0.3, -0.25) is 9.59 Å². The number of aromatic nitrogens is 2. The lowest BCUT2D eigenvalue weighted by atomic mass is 10.0. The van der Waals surface area contributed by atoms with Gasteiger partial charge in [-0.2, -0.15) is 5.10 Å². The Morgan fingerprint density at radius 1 is 0.971 bits per heavy atom. The quantitative estimate of drug-likeness (QED) is 0.366. The fourth-order valence-electron chi connectivity index (χ4n) is 3.98. The lowest BCUT2D eigenvalue weighted by Gasteiger charge is -2.10. The largest absolute Gasteiger partial charge is 0.369 e. The van der Waals surface area contributed by atoms with Crippen LogP contribution in [0.15, 0.2) is 78.9 Å². The van der Waals surface area contributed by atoms with E-state index in [-0.39, 0.29) is 18.1 Å². The molecular weight excluding hydrogens is 455 g/mol. The maximum atomic E-state index is 13.5. The van der Waals surface area contributed by atoms with Crippen molar-refractivity contribution in [2.75, 3.05) is 5.32 Å². The second-order valence-corrected chi connectivity index (χ2v) is 8.22. The number of carbonyl (C=O) groups excluding carboxylic acids is 2. The van der Waals surface area contributed by atoms with Gasteiger partial charge in [-0.1, -0.05) is 41.9 Å². The van der Waals surface area contributed by atoms with Crippen molar-refractivity contribution in [3.63, 3.8) is 0 Å². The average Bonchev–Trinajstić information content (AvgIpc) is 3.18. The number of primary amides is 1. The third kappa shape index (κ3) is 3.97. The van der Waals surface area contributed by atoms with Crippen LogP contribution in [0.4, 0.5) is 10.1 Å². The van der Waals surface area contributed by atoms with Crippen LogP contribution in [-0.4, -0.2) is 21.6 Å². The van der Waals surface area contributed by atoms with Crippen LogP contribution in [0.5, 0.6) is 0 Å². The van der Waals surface area contributed by atoms with E-state index in [0.29, 0.717) is 33.2 Å². The van der Waals surface area contributed by atoms with Gasteiger partial charge >= 0.3 is 0 Å². The molecule has 4 aromatic carbocycles. The topological polar surface area (TPSA) is 90.0 Å². The maximum Gasteiger partial charge on any atom is 0.257 e. The van der Waals surface area contributed by atoms with E-state index >= 15 is 0 Å². The first-order chi connectivity index (χ1) is 16.4. The fourth-order valence-corrected chi connectivity index (χ4v) is 4.20. The first kappa shape index (κ1) is 21.6. The summed E-state index contributed by atoms with van der Waals surface area (Å²) in [5, 5.41) is 10.3. The van der Waals surface area contributed by atoms with Gasteiger partial charge in [0.25, 0.3) is 5.91 Å². The molecule has 0 atom stereocenters. The molecule has 0 fully saturated rings. The van der Waals surface area contributed by atoms with Crippen molar-refractivity contribution in [1.29, 1.82) is 0 Å². The van der Waals surface area contributed by atoms with Gasteiger partial charge in [0.2, 0.25) is 5.91 Å². The van der Waals surface area contributed by atoms with Crippen molar-refractivity contribution in [2.45, 2.75) is 6.42 Å². The summed E-state index contributed by atoms with van der Waals surface area (Å²) in [7, 11) is 0. The molecule has 0 aliphatic carbocycles. The number of amides is 2. The van der Waals surface area contributed by atoms with Crippen LogP contribution in [-0.2, 0) is 11.2 Å². The number of halogens is 2. The van der Waals surface area contributed by atoms with Gasteiger partial charge in [-0.15, -0.1) is 0 Å².